The highest BCUT2D eigenvalue weighted by Gasteiger charge is 2.40. The normalized spacial score (nSPS) is 15.8. The van der Waals surface area contributed by atoms with E-state index in [2.05, 4.69) is 14.5 Å². The molecule has 242 valence electrons. The van der Waals surface area contributed by atoms with Crippen molar-refractivity contribution in [3.63, 3.8) is 0 Å². The van der Waals surface area contributed by atoms with E-state index in [1.165, 1.54) is 42.6 Å². The molecular formula is C25H25ClF6N4O7S. The third-order valence-electron chi connectivity index (χ3n) is 5.81. The number of hydrogen-bond donors (Lipinski definition) is 3. The van der Waals surface area contributed by atoms with Gasteiger partial charge in [0.25, 0.3) is 0 Å². The van der Waals surface area contributed by atoms with Crippen molar-refractivity contribution >= 4 is 34.1 Å². The number of pyridine rings is 1. The van der Waals surface area contributed by atoms with Crippen LogP contribution in [0.15, 0.2) is 76.6 Å². The highest BCUT2D eigenvalue weighted by atomic mass is 35.5. The quantitative estimate of drug-likeness (QED) is 0.318. The molecule has 1 aliphatic rings. The van der Waals surface area contributed by atoms with Crippen molar-refractivity contribution in [1.29, 1.82) is 0 Å². The first-order valence-corrected chi connectivity index (χ1v) is 13.5. The molecule has 1 atom stereocenters. The van der Waals surface area contributed by atoms with Gasteiger partial charge in [0.2, 0.25) is 15.6 Å². The molecule has 1 aliphatic heterocycles. The molecule has 0 unspecified atom stereocenters. The van der Waals surface area contributed by atoms with Crippen molar-refractivity contribution in [2.75, 3.05) is 24.5 Å². The van der Waals surface area contributed by atoms with Crippen molar-refractivity contribution in [2.24, 2.45) is 5.73 Å². The lowest BCUT2D eigenvalue weighted by Crippen LogP contribution is -2.58. The second kappa shape index (κ2) is 14.7. The standard InChI is InChI=1S/C17H16F3N3O6S.C8H8F3NO.ClH/c18-17(19,20)29-12-2-4-13(5-3-12)30(27,28)23-8-7-22(10-14(23)16(25)26)11-1-6-15(24)21-9-11;9-8(10,11)13-7-3-1-6(5-12)2-4-7;/h1-6,9,14H,7-8,10H2,(H,21,24)(H,25,26);1-4H,5,12H2;1H/t14-;;/m1../s1. The van der Waals surface area contributed by atoms with Gasteiger partial charge in [-0.05, 0) is 48.0 Å². The van der Waals surface area contributed by atoms with E-state index in [1.807, 2.05) is 0 Å². The van der Waals surface area contributed by atoms with Crippen LogP contribution >= 0.6 is 12.4 Å². The minimum absolute atomic E-state index is 0. The number of nitrogens with two attached hydrogens (primary N) is 1. The van der Waals surface area contributed by atoms with Crippen molar-refractivity contribution in [3.05, 3.63) is 82.8 Å². The number of aromatic amines is 1. The van der Waals surface area contributed by atoms with Gasteiger partial charge in [-0.15, -0.1) is 38.7 Å². The number of piperazine rings is 1. The van der Waals surface area contributed by atoms with Gasteiger partial charge in [0.1, 0.15) is 17.5 Å². The number of ether oxygens (including phenoxy) is 2. The molecule has 1 fully saturated rings. The third-order valence-corrected chi connectivity index (χ3v) is 7.73. The smallest absolute Gasteiger partial charge is 0.480 e. The van der Waals surface area contributed by atoms with Crippen LogP contribution in [0.5, 0.6) is 11.5 Å². The molecule has 0 spiro atoms. The molecule has 2 heterocycles. The number of benzene rings is 2. The summed E-state index contributed by atoms with van der Waals surface area (Å²) in [4.78, 5) is 26.7. The summed E-state index contributed by atoms with van der Waals surface area (Å²) in [5.74, 6) is -2.21. The zero-order valence-corrected chi connectivity index (χ0v) is 23.8. The molecule has 2 aromatic carbocycles. The number of hydrogen-bond acceptors (Lipinski definition) is 8. The van der Waals surface area contributed by atoms with Crippen LogP contribution in [0.3, 0.4) is 0 Å². The number of carboxylic acids is 1. The number of nitrogens with zero attached hydrogens (tertiary/aromatic N) is 2. The van der Waals surface area contributed by atoms with Crippen molar-refractivity contribution in [2.45, 2.75) is 30.2 Å². The summed E-state index contributed by atoms with van der Waals surface area (Å²) >= 11 is 0. The lowest BCUT2D eigenvalue weighted by atomic mass is 10.2. The van der Waals surface area contributed by atoms with Crippen LogP contribution in [0.4, 0.5) is 32.0 Å². The maximum absolute atomic E-state index is 12.9. The molecule has 0 saturated carbocycles. The zero-order valence-electron chi connectivity index (χ0n) is 22.2. The van der Waals surface area contributed by atoms with Gasteiger partial charge >= 0.3 is 18.7 Å². The number of sulfonamides is 1. The van der Waals surface area contributed by atoms with Gasteiger partial charge in [0.05, 0.1) is 10.6 Å². The van der Waals surface area contributed by atoms with Crippen LogP contribution in [0.25, 0.3) is 0 Å². The van der Waals surface area contributed by atoms with Crippen LogP contribution < -0.4 is 25.7 Å². The van der Waals surface area contributed by atoms with Crippen LogP contribution in [-0.2, 0) is 21.4 Å². The minimum Gasteiger partial charge on any atom is -0.480 e. The summed E-state index contributed by atoms with van der Waals surface area (Å²) in [6.45, 7) is 0.0751. The van der Waals surface area contributed by atoms with Crippen molar-refractivity contribution in [3.8, 4) is 11.5 Å². The lowest BCUT2D eigenvalue weighted by Gasteiger charge is -2.39. The van der Waals surface area contributed by atoms with E-state index in [9.17, 15) is 49.5 Å². The van der Waals surface area contributed by atoms with Crippen LogP contribution in [0.2, 0.25) is 0 Å². The Morgan fingerprint density at radius 1 is 0.909 bits per heavy atom. The number of nitrogens with one attached hydrogen (secondary N) is 1. The number of anilines is 1. The number of aliphatic carboxylic acids is 1. The van der Waals surface area contributed by atoms with Crippen molar-refractivity contribution < 1.29 is 54.1 Å². The van der Waals surface area contributed by atoms with Crippen molar-refractivity contribution in [1.82, 2.24) is 9.29 Å². The van der Waals surface area contributed by atoms with Gasteiger partial charge in [-0.3, -0.25) is 9.59 Å². The lowest BCUT2D eigenvalue weighted by molar-refractivity contribution is -0.275. The van der Waals surface area contributed by atoms with E-state index in [-0.39, 0.29) is 48.2 Å². The summed E-state index contributed by atoms with van der Waals surface area (Å²) in [5.41, 5.74) is 6.20. The number of carbonyl (C=O) groups is 1. The highest BCUT2D eigenvalue weighted by molar-refractivity contribution is 7.89. The molecule has 3 aromatic rings. The van der Waals surface area contributed by atoms with E-state index in [0.717, 1.165) is 34.1 Å². The van der Waals surface area contributed by atoms with E-state index in [4.69, 9.17) is 5.73 Å². The van der Waals surface area contributed by atoms with Gasteiger partial charge in [-0.25, -0.2) is 8.42 Å². The Bertz CT molecular complexity index is 1530. The molecule has 19 heteroatoms. The molecule has 1 aromatic heterocycles. The molecule has 11 nitrogen and oxygen atoms in total. The van der Waals surface area contributed by atoms with Gasteiger partial charge in [-0.1, -0.05) is 12.1 Å². The summed E-state index contributed by atoms with van der Waals surface area (Å²) in [5, 5.41) is 9.56. The predicted molar refractivity (Wildman–Crippen MR) is 146 cm³/mol. The summed E-state index contributed by atoms with van der Waals surface area (Å²) in [6.07, 6.45) is -8.16. The Morgan fingerprint density at radius 3 is 1.86 bits per heavy atom. The Hall–Kier alpha value is -4.00. The number of carboxylic acid groups (broad SMARTS) is 1. The van der Waals surface area contributed by atoms with Gasteiger partial charge in [-0.2, -0.15) is 4.31 Å². The fraction of sp³-hybridized carbons (Fsp3) is 0.280. The zero-order chi connectivity index (χ0) is 32.0. The Labute approximate surface area is 252 Å². The van der Waals surface area contributed by atoms with Gasteiger partial charge in [0.15, 0.2) is 0 Å². The Kier molecular flexibility index (Phi) is 12.1. The molecule has 0 amide bonds. The number of H-pyrrole nitrogens is 1. The molecule has 4 N–H and O–H groups in total. The van der Waals surface area contributed by atoms with E-state index in [1.54, 1.807) is 4.90 Å². The number of alkyl halides is 6. The largest absolute Gasteiger partial charge is 0.573 e. The van der Waals surface area contributed by atoms with Crippen LogP contribution in [0, 0.1) is 0 Å². The van der Waals surface area contributed by atoms with Gasteiger partial charge < -0.3 is 30.2 Å². The van der Waals surface area contributed by atoms with Gasteiger partial charge in [0, 0.05) is 38.4 Å². The molecule has 0 aliphatic carbocycles. The maximum atomic E-state index is 12.9. The number of halogens is 7. The Morgan fingerprint density at radius 2 is 1.43 bits per heavy atom. The van der Waals surface area contributed by atoms with Crippen LogP contribution in [0.1, 0.15) is 5.56 Å². The second-order valence-electron chi connectivity index (χ2n) is 8.74. The summed E-state index contributed by atoms with van der Waals surface area (Å²) in [7, 11) is -4.30. The number of aromatic nitrogens is 1. The number of rotatable bonds is 7. The van der Waals surface area contributed by atoms with E-state index >= 15 is 0 Å². The SMILES string of the molecule is Cl.NCc1ccc(OC(F)(F)F)cc1.O=C(O)[C@H]1CN(c2ccc(=O)[nH]c2)CCN1S(=O)(=O)c1ccc(OC(F)(F)F)cc1. The molecule has 4 rings (SSSR count). The van der Waals surface area contributed by atoms with Crippen LogP contribution in [-0.4, -0.2) is 67.2 Å². The molecule has 0 bridgehead atoms. The molecule has 1 saturated heterocycles. The maximum Gasteiger partial charge on any atom is 0.573 e. The minimum atomic E-state index is -4.92. The topological polar surface area (TPSA) is 155 Å². The third kappa shape index (κ3) is 10.3. The highest BCUT2D eigenvalue weighted by Crippen LogP contribution is 2.28. The fourth-order valence-corrected chi connectivity index (χ4v) is 5.43. The molecule has 44 heavy (non-hydrogen) atoms. The Balaban J connectivity index is 0.000000406. The van der Waals surface area contributed by atoms with E-state index in [0.29, 0.717) is 12.2 Å². The average Bonchev–Trinajstić information content (AvgIpc) is 2.92. The first-order valence-electron chi connectivity index (χ1n) is 12.1. The first kappa shape index (κ1) is 36.2. The second-order valence-corrected chi connectivity index (χ2v) is 10.6. The average molecular weight is 675 g/mol. The first-order chi connectivity index (χ1) is 20.0. The fourth-order valence-electron chi connectivity index (χ4n) is 3.86. The predicted octanol–water partition coefficient (Wildman–Crippen LogP) is 3.70. The summed E-state index contributed by atoms with van der Waals surface area (Å²) < 4.78 is 106. The molecular weight excluding hydrogens is 650 g/mol. The summed E-state index contributed by atoms with van der Waals surface area (Å²) in [6, 6.07) is 10.3. The monoisotopic (exact) mass is 674 g/mol. The van der Waals surface area contributed by atoms with E-state index < -0.39 is 40.5 Å². The molecule has 0 radical (unpaired) electrons.